The van der Waals surface area contributed by atoms with Gasteiger partial charge in [-0.1, -0.05) is 6.07 Å². The van der Waals surface area contributed by atoms with E-state index in [2.05, 4.69) is 10.7 Å². The molecule has 0 saturated carbocycles. The first kappa shape index (κ1) is 13.8. The standard InChI is InChI=1S/C14H21N3O2/c1-10-4-5-11(12(8-10)17-15)13(18)16-14(2)6-3-7-19-9-14/h4-5,8,17H,3,6-7,9,15H2,1-2H3,(H,16,18). The number of nitrogens with two attached hydrogens (primary N) is 1. The summed E-state index contributed by atoms with van der Waals surface area (Å²) >= 11 is 0. The maximum atomic E-state index is 12.3. The molecule has 1 heterocycles. The molecule has 0 bridgehead atoms. The van der Waals surface area contributed by atoms with Crippen molar-refractivity contribution in [1.82, 2.24) is 5.32 Å². The van der Waals surface area contributed by atoms with Gasteiger partial charge in [0.15, 0.2) is 0 Å². The number of hydrogen-bond donors (Lipinski definition) is 3. The Morgan fingerprint density at radius 1 is 1.47 bits per heavy atom. The minimum atomic E-state index is -0.300. The molecule has 1 aromatic rings. The van der Waals surface area contributed by atoms with Crippen LogP contribution in [0.15, 0.2) is 18.2 Å². The highest BCUT2D eigenvalue weighted by Crippen LogP contribution is 2.21. The third kappa shape index (κ3) is 3.24. The predicted molar refractivity (Wildman–Crippen MR) is 74.9 cm³/mol. The summed E-state index contributed by atoms with van der Waals surface area (Å²) in [4.78, 5) is 12.3. The van der Waals surface area contributed by atoms with Crippen LogP contribution in [0, 0.1) is 6.92 Å². The van der Waals surface area contributed by atoms with E-state index in [1.165, 1.54) is 0 Å². The van der Waals surface area contributed by atoms with E-state index >= 15 is 0 Å². The van der Waals surface area contributed by atoms with E-state index in [9.17, 15) is 4.79 Å². The molecule has 1 aliphatic rings. The van der Waals surface area contributed by atoms with Gasteiger partial charge in [-0.2, -0.15) is 0 Å². The lowest BCUT2D eigenvalue weighted by atomic mass is 9.94. The Morgan fingerprint density at radius 2 is 2.26 bits per heavy atom. The number of rotatable bonds is 3. The maximum absolute atomic E-state index is 12.3. The molecule has 1 aromatic carbocycles. The zero-order valence-electron chi connectivity index (χ0n) is 11.5. The molecule has 1 saturated heterocycles. The number of carbonyl (C=O) groups excluding carboxylic acids is 1. The summed E-state index contributed by atoms with van der Waals surface area (Å²) in [7, 11) is 0. The fourth-order valence-corrected chi connectivity index (χ4v) is 2.35. The summed E-state index contributed by atoms with van der Waals surface area (Å²) in [5, 5.41) is 3.05. The molecule has 1 aliphatic heterocycles. The molecule has 1 unspecified atom stereocenters. The van der Waals surface area contributed by atoms with Gasteiger partial charge in [0.2, 0.25) is 0 Å². The van der Waals surface area contributed by atoms with Gasteiger partial charge in [-0.25, -0.2) is 0 Å². The van der Waals surface area contributed by atoms with Gasteiger partial charge in [-0.05, 0) is 44.4 Å². The Hall–Kier alpha value is -1.59. The fourth-order valence-electron chi connectivity index (χ4n) is 2.35. The predicted octanol–water partition coefficient (Wildman–Crippen LogP) is 1.58. The van der Waals surface area contributed by atoms with Crippen LogP contribution in [0.3, 0.4) is 0 Å². The smallest absolute Gasteiger partial charge is 0.253 e. The van der Waals surface area contributed by atoms with Crippen LogP contribution in [-0.4, -0.2) is 24.7 Å². The first-order valence-corrected chi connectivity index (χ1v) is 6.52. The molecule has 0 aliphatic carbocycles. The van der Waals surface area contributed by atoms with Gasteiger partial charge in [-0.15, -0.1) is 0 Å². The van der Waals surface area contributed by atoms with Gasteiger partial charge in [0, 0.05) is 6.61 Å². The van der Waals surface area contributed by atoms with Crippen LogP contribution in [0.1, 0.15) is 35.7 Å². The lowest BCUT2D eigenvalue weighted by molar-refractivity contribution is 0.0273. The minimum absolute atomic E-state index is 0.124. The van der Waals surface area contributed by atoms with Gasteiger partial charge in [0.1, 0.15) is 0 Å². The number of nitrogens with one attached hydrogen (secondary N) is 2. The second-order valence-corrected chi connectivity index (χ2v) is 5.36. The highest BCUT2D eigenvalue weighted by molar-refractivity contribution is 6.00. The van der Waals surface area contributed by atoms with Crippen molar-refractivity contribution in [1.29, 1.82) is 0 Å². The van der Waals surface area contributed by atoms with Crippen LogP contribution in [0.25, 0.3) is 0 Å². The van der Waals surface area contributed by atoms with E-state index in [0.717, 1.165) is 25.0 Å². The van der Waals surface area contributed by atoms with Gasteiger partial charge >= 0.3 is 0 Å². The normalized spacial score (nSPS) is 22.9. The zero-order chi connectivity index (χ0) is 13.9. The van der Waals surface area contributed by atoms with Crippen molar-refractivity contribution in [3.05, 3.63) is 29.3 Å². The average Bonchev–Trinajstić information content (AvgIpc) is 2.38. The summed E-state index contributed by atoms with van der Waals surface area (Å²) in [6, 6.07) is 5.54. The van der Waals surface area contributed by atoms with Crippen molar-refractivity contribution in [2.45, 2.75) is 32.2 Å². The zero-order valence-corrected chi connectivity index (χ0v) is 11.5. The van der Waals surface area contributed by atoms with Gasteiger partial charge in [0.05, 0.1) is 23.4 Å². The molecule has 19 heavy (non-hydrogen) atoms. The number of benzene rings is 1. The number of ether oxygens (including phenoxy) is 1. The Bertz CT molecular complexity index is 468. The lowest BCUT2D eigenvalue weighted by Gasteiger charge is -2.34. The van der Waals surface area contributed by atoms with Crippen molar-refractivity contribution >= 4 is 11.6 Å². The Balaban J connectivity index is 2.15. The van der Waals surface area contributed by atoms with E-state index < -0.39 is 0 Å². The number of nitrogen functional groups attached to an aromatic ring is 1. The van der Waals surface area contributed by atoms with E-state index in [1.54, 1.807) is 6.07 Å². The van der Waals surface area contributed by atoms with Crippen molar-refractivity contribution < 1.29 is 9.53 Å². The molecule has 0 radical (unpaired) electrons. The molecule has 5 nitrogen and oxygen atoms in total. The molecule has 0 spiro atoms. The second kappa shape index (κ2) is 5.59. The highest BCUT2D eigenvalue weighted by Gasteiger charge is 2.30. The van der Waals surface area contributed by atoms with Crippen molar-refractivity contribution in [3.8, 4) is 0 Å². The Labute approximate surface area is 113 Å². The quantitative estimate of drug-likeness (QED) is 0.571. The number of carbonyl (C=O) groups is 1. The summed E-state index contributed by atoms with van der Waals surface area (Å²) in [5.41, 5.74) is 4.52. The largest absolute Gasteiger partial charge is 0.379 e. The number of aryl methyl sites for hydroxylation is 1. The number of hydrazine groups is 1. The summed E-state index contributed by atoms with van der Waals surface area (Å²) in [6.07, 6.45) is 1.89. The van der Waals surface area contributed by atoms with Gasteiger partial charge in [0.25, 0.3) is 5.91 Å². The third-order valence-electron chi connectivity index (χ3n) is 3.43. The average molecular weight is 263 g/mol. The van der Waals surface area contributed by atoms with Gasteiger partial charge < -0.3 is 15.5 Å². The molecular formula is C14H21N3O2. The molecule has 1 atom stereocenters. The fraction of sp³-hybridized carbons (Fsp3) is 0.500. The topological polar surface area (TPSA) is 76.4 Å². The summed E-state index contributed by atoms with van der Waals surface area (Å²) < 4.78 is 5.44. The molecule has 1 fully saturated rings. The lowest BCUT2D eigenvalue weighted by Crippen LogP contribution is -2.51. The number of hydrogen-bond acceptors (Lipinski definition) is 4. The summed E-state index contributed by atoms with van der Waals surface area (Å²) in [6.45, 7) is 5.29. The third-order valence-corrected chi connectivity index (χ3v) is 3.43. The molecule has 0 aromatic heterocycles. The van der Waals surface area contributed by atoms with E-state index in [4.69, 9.17) is 10.6 Å². The van der Waals surface area contributed by atoms with E-state index in [-0.39, 0.29) is 11.4 Å². The van der Waals surface area contributed by atoms with Crippen LogP contribution < -0.4 is 16.6 Å². The van der Waals surface area contributed by atoms with Crippen molar-refractivity contribution in [2.24, 2.45) is 5.84 Å². The van der Waals surface area contributed by atoms with E-state index in [0.29, 0.717) is 17.9 Å². The van der Waals surface area contributed by atoms with Crippen molar-refractivity contribution in [2.75, 3.05) is 18.6 Å². The van der Waals surface area contributed by atoms with Gasteiger partial charge in [-0.3, -0.25) is 10.6 Å². The monoisotopic (exact) mass is 263 g/mol. The molecular weight excluding hydrogens is 242 g/mol. The second-order valence-electron chi connectivity index (χ2n) is 5.36. The maximum Gasteiger partial charge on any atom is 0.253 e. The highest BCUT2D eigenvalue weighted by atomic mass is 16.5. The molecule has 104 valence electrons. The molecule has 1 amide bonds. The van der Waals surface area contributed by atoms with Crippen molar-refractivity contribution in [3.63, 3.8) is 0 Å². The van der Waals surface area contributed by atoms with Crippen LogP contribution in [0.5, 0.6) is 0 Å². The SMILES string of the molecule is Cc1ccc(C(=O)NC2(C)CCCOC2)c(NN)c1. The number of anilines is 1. The van der Waals surface area contributed by atoms with E-state index in [1.807, 2.05) is 26.0 Å². The van der Waals surface area contributed by atoms with Crippen LogP contribution in [-0.2, 0) is 4.74 Å². The Morgan fingerprint density at radius 3 is 2.89 bits per heavy atom. The molecule has 2 rings (SSSR count). The molecule has 4 N–H and O–H groups in total. The van der Waals surface area contributed by atoms with Crippen LogP contribution in [0.2, 0.25) is 0 Å². The molecule has 5 heteroatoms. The first-order chi connectivity index (χ1) is 9.04. The van der Waals surface area contributed by atoms with Crippen LogP contribution in [0.4, 0.5) is 5.69 Å². The summed E-state index contributed by atoms with van der Waals surface area (Å²) in [5.74, 6) is 5.34. The first-order valence-electron chi connectivity index (χ1n) is 6.52. The minimum Gasteiger partial charge on any atom is -0.379 e. The van der Waals surface area contributed by atoms with Crippen LogP contribution >= 0.6 is 0 Å². The number of amides is 1. The Kier molecular flexibility index (Phi) is 4.07.